The van der Waals surface area contributed by atoms with Crippen LogP contribution >= 0.6 is 0 Å². The Kier molecular flexibility index (Phi) is 3.78. The van der Waals surface area contributed by atoms with Gasteiger partial charge in [-0.05, 0) is 25.1 Å². The lowest BCUT2D eigenvalue weighted by molar-refractivity contribution is 0.412. The van der Waals surface area contributed by atoms with Crippen molar-refractivity contribution in [3.8, 4) is 17.1 Å². The molecule has 0 amide bonds. The minimum Gasteiger partial charge on any atom is -0.493 e. The zero-order chi connectivity index (χ0) is 15.5. The van der Waals surface area contributed by atoms with Crippen molar-refractivity contribution >= 4 is 5.95 Å². The average Bonchev–Trinajstić information content (AvgIpc) is 3.18. The maximum atomic E-state index is 5.38. The smallest absolute Gasteiger partial charge is 0.224 e. The van der Waals surface area contributed by atoms with Gasteiger partial charge in [0.15, 0.2) is 5.75 Å². The summed E-state index contributed by atoms with van der Waals surface area (Å²) in [5.74, 6) is 1.92. The molecule has 0 unspecified atom stereocenters. The fourth-order valence-corrected chi connectivity index (χ4v) is 2.18. The molecule has 3 aromatic rings. The van der Waals surface area contributed by atoms with E-state index in [0.29, 0.717) is 17.4 Å². The van der Waals surface area contributed by atoms with Crippen molar-refractivity contribution < 1.29 is 9.15 Å². The second kappa shape index (κ2) is 5.88. The Balaban J connectivity index is 1.92. The summed E-state index contributed by atoms with van der Waals surface area (Å²) in [5.41, 5.74) is 1.54. The lowest BCUT2D eigenvalue weighted by Crippen LogP contribution is -2.10. The number of furan rings is 1. The number of hydrogen-bond acceptors (Lipinski definition) is 6. The number of rotatable bonds is 5. The second-order valence-corrected chi connectivity index (χ2v) is 4.83. The van der Waals surface area contributed by atoms with E-state index >= 15 is 0 Å². The van der Waals surface area contributed by atoms with E-state index in [1.54, 1.807) is 30.4 Å². The highest BCUT2D eigenvalue weighted by atomic mass is 16.5. The van der Waals surface area contributed by atoms with Crippen molar-refractivity contribution in [3.63, 3.8) is 0 Å². The van der Waals surface area contributed by atoms with Crippen molar-refractivity contribution in [2.45, 2.75) is 13.0 Å². The van der Waals surface area contributed by atoms with Gasteiger partial charge in [-0.1, -0.05) is 0 Å². The van der Waals surface area contributed by atoms with Crippen molar-refractivity contribution in [1.82, 2.24) is 19.7 Å². The summed E-state index contributed by atoms with van der Waals surface area (Å²) in [6.45, 7) is 1.98. The minimum atomic E-state index is -0.0391. The molecular weight excluding hydrogens is 282 g/mol. The van der Waals surface area contributed by atoms with Crippen LogP contribution in [0.25, 0.3) is 11.4 Å². The van der Waals surface area contributed by atoms with Crippen molar-refractivity contribution in [3.05, 3.63) is 42.6 Å². The van der Waals surface area contributed by atoms with E-state index in [9.17, 15) is 0 Å². The molecule has 0 aliphatic heterocycles. The van der Waals surface area contributed by atoms with Crippen LogP contribution in [0.3, 0.4) is 0 Å². The van der Waals surface area contributed by atoms with Crippen molar-refractivity contribution in [1.29, 1.82) is 0 Å². The van der Waals surface area contributed by atoms with Crippen LogP contribution < -0.4 is 10.1 Å². The molecule has 22 heavy (non-hydrogen) atoms. The first kappa shape index (κ1) is 14.1. The number of ether oxygens (including phenoxy) is 1. The summed E-state index contributed by atoms with van der Waals surface area (Å²) in [5, 5.41) is 7.38. The maximum Gasteiger partial charge on any atom is 0.224 e. The quantitative estimate of drug-likeness (QED) is 0.780. The highest BCUT2D eigenvalue weighted by Crippen LogP contribution is 2.28. The zero-order valence-corrected chi connectivity index (χ0v) is 12.6. The van der Waals surface area contributed by atoms with Crippen LogP contribution in [0.4, 0.5) is 5.95 Å². The SMILES string of the molecule is COc1cnc(N[C@@H](C)c2ccco2)nc1-c1ccnn1C. The Labute approximate surface area is 128 Å². The third-order valence-electron chi connectivity index (χ3n) is 3.35. The molecule has 0 saturated carbocycles. The number of anilines is 1. The molecule has 3 heterocycles. The Morgan fingerprint density at radius 3 is 2.86 bits per heavy atom. The predicted molar refractivity (Wildman–Crippen MR) is 81.5 cm³/mol. The van der Waals surface area contributed by atoms with Crippen molar-refractivity contribution in [2.75, 3.05) is 12.4 Å². The Bertz CT molecular complexity index is 751. The van der Waals surface area contributed by atoms with Crippen LogP contribution in [-0.4, -0.2) is 26.9 Å². The first-order chi connectivity index (χ1) is 10.7. The van der Waals surface area contributed by atoms with Gasteiger partial charge in [0.25, 0.3) is 0 Å². The summed E-state index contributed by atoms with van der Waals surface area (Å²) in [6, 6.07) is 5.60. The van der Waals surface area contributed by atoms with E-state index in [0.717, 1.165) is 11.5 Å². The number of nitrogens with one attached hydrogen (secondary N) is 1. The van der Waals surface area contributed by atoms with Crippen LogP contribution in [0.15, 0.2) is 41.3 Å². The number of methoxy groups -OCH3 is 1. The number of hydrogen-bond donors (Lipinski definition) is 1. The van der Waals surface area contributed by atoms with Gasteiger partial charge in [-0.25, -0.2) is 9.97 Å². The van der Waals surface area contributed by atoms with Crippen LogP contribution in [0.5, 0.6) is 5.75 Å². The lowest BCUT2D eigenvalue weighted by atomic mass is 10.2. The maximum absolute atomic E-state index is 5.38. The molecule has 0 aromatic carbocycles. The molecule has 0 spiro atoms. The van der Waals surface area contributed by atoms with E-state index in [1.807, 2.05) is 32.2 Å². The normalized spacial score (nSPS) is 12.1. The van der Waals surface area contributed by atoms with E-state index in [1.165, 1.54) is 0 Å². The first-order valence-electron chi connectivity index (χ1n) is 6.88. The van der Waals surface area contributed by atoms with Crippen LogP contribution in [0, 0.1) is 0 Å². The molecule has 114 valence electrons. The minimum absolute atomic E-state index is 0.0391. The molecule has 7 heteroatoms. The topological polar surface area (TPSA) is 78.0 Å². The zero-order valence-electron chi connectivity index (χ0n) is 12.6. The highest BCUT2D eigenvalue weighted by Gasteiger charge is 2.15. The summed E-state index contributed by atoms with van der Waals surface area (Å²) in [6.07, 6.45) is 5.01. The summed E-state index contributed by atoms with van der Waals surface area (Å²) < 4.78 is 12.5. The third kappa shape index (κ3) is 2.65. The Morgan fingerprint density at radius 2 is 2.23 bits per heavy atom. The molecule has 0 fully saturated rings. The van der Waals surface area contributed by atoms with Crippen molar-refractivity contribution in [2.24, 2.45) is 7.05 Å². The van der Waals surface area contributed by atoms with E-state index < -0.39 is 0 Å². The molecule has 3 aromatic heterocycles. The monoisotopic (exact) mass is 299 g/mol. The van der Waals surface area contributed by atoms with Gasteiger partial charge in [-0.3, -0.25) is 4.68 Å². The fraction of sp³-hybridized carbons (Fsp3) is 0.267. The van der Waals surface area contributed by atoms with Gasteiger partial charge in [0, 0.05) is 13.2 Å². The third-order valence-corrected chi connectivity index (χ3v) is 3.35. The van der Waals surface area contributed by atoms with Gasteiger partial charge in [0.2, 0.25) is 5.95 Å². The molecule has 0 bridgehead atoms. The molecule has 0 aliphatic rings. The molecule has 1 atom stereocenters. The largest absolute Gasteiger partial charge is 0.493 e. The fourth-order valence-electron chi connectivity index (χ4n) is 2.18. The molecule has 0 saturated heterocycles. The van der Waals surface area contributed by atoms with Gasteiger partial charge in [-0.2, -0.15) is 5.10 Å². The van der Waals surface area contributed by atoms with Gasteiger partial charge >= 0.3 is 0 Å². The number of aromatic nitrogens is 4. The van der Waals surface area contributed by atoms with E-state index in [4.69, 9.17) is 9.15 Å². The Hall–Kier alpha value is -2.83. The molecule has 3 rings (SSSR count). The molecular formula is C15H17N5O2. The lowest BCUT2D eigenvalue weighted by Gasteiger charge is -2.13. The highest BCUT2D eigenvalue weighted by molar-refractivity contribution is 5.63. The van der Waals surface area contributed by atoms with Gasteiger partial charge in [0.1, 0.15) is 11.5 Å². The van der Waals surface area contributed by atoms with Gasteiger partial charge in [0.05, 0.1) is 31.3 Å². The summed E-state index contributed by atoms with van der Waals surface area (Å²) >= 11 is 0. The number of nitrogens with zero attached hydrogens (tertiary/aromatic N) is 4. The van der Waals surface area contributed by atoms with Crippen LogP contribution in [0.1, 0.15) is 18.7 Å². The Morgan fingerprint density at radius 1 is 1.36 bits per heavy atom. The van der Waals surface area contributed by atoms with E-state index in [-0.39, 0.29) is 6.04 Å². The van der Waals surface area contributed by atoms with Gasteiger partial charge < -0.3 is 14.5 Å². The van der Waals surface area contributed by atoms with Crippen LogP contribution in [0.2, 0.25) is 0 Å². The molecule has 7 nitrogen and oxygen atoms in total. The summed E-state index contributed by atoms with van der Waals surface area (Å²) in [7, 11) is 3.45. The summed E-state index contributed by atoms with van der Waals surface area (Å²) in [4.78, 5) is 8.83. The predicted octanol–water partition coefficient (Wildman–Crippen LogP) is 2.65. The van der Waals surface area contributed by atoms with Crippen LogP contribution in [-0.2, 0) is 7.05 Å². The van der Waals surface area contributed by atoms with Gasteiger partial charge in [-0.15, -0.1) is 0 Å². The number of aryl methyl sites for hydroxylation is 1. The molecule has 0 aliphatic carbocycles. The van der Waals surface area contributed by atoms with E-state index in [2.05, 4.69) is 20.4 Å². The second-order valence-electron chi connectivity index (χ2n) is 4.83. The standard InChI is InChI=1S/C15H17N5O2/c1-10(12-5-4-8-22-12)18-15-16-9-13(21-3)14(19-15)11-6-7-17-20(11)2/h4-10H,1-3H3,(H,16,18,19)/t10-/m0/s1. The first-order valence-corrected chi connectivity index (χ1v) is 6.88. The molecule has 0 radical (unpaired) electrons. The average molecular weight is 299 g/mol. The molecule has 1 N–H and O–H groups in total.